The maximum Gasteiger partial charge on any atom is 0.243 e. The Morgan fingerprint density at radius 2 is 1.94 bits per heavy atom. The third-order valence-electron chi connectivity index (χ3n) is 2.83. The van der Waals surface area contributed by atoms with Gasteiger partial charge in [-0.2, -0.15) is 4.31 Å². The lowest BCUT2D eigenvalue weighted by Gasteiger charge is -2.23. The van der Waals surface area contributed by atoms with Crippen LogP contribution in [0.2, 0.25) is 0 Å². The molecule has 0 bridgehead atoms. The van der Waals surface area contributed by atoms with E-state index in [4.69, 9.17) is 0 Å². The zero-order valence-corrected chi connectivity index (χ0v) is 13.0. The molecule has 3 nitrogen and oxygen atoms in total. The summed E-state index contributed by atoms with van der Waals surface area (Å²) in [5.41, 5.74) is 1.86. The molecule has 0 N–H and O–H groups in total. The second kappa shape index (κ2) is 5.50. The summed E-state index contributed by atoms with van der Waals surface area (Å²) in [4.78, 5) is 0.387. The molecule has 17 heavy (non-hydrogen) atoms. The summed E-state index contributed by atoms with van der Waals surface area (Å²) in [6.07, 6.45) is 0. The molecule has 0 spiro atoms. The Morgan fingerprint density at radius 1 is 1.35 bits per heavy atom. The van der Waals surface area contributed by atoms with Gasteiger partial charge in [-0.05, 0) is 32.4 Å². The molecule has 96 valence electrons. The highest BCUT2D eigenvalue weighted by molar-refractivity contribution is 9.09. The molecule has 1 aromatic carbocycles. The Kier molecular flexibility index (Phi) is 4.75. The van der Waals surface area contributed by atoms with Crippen LogP contribution in [-0.4, -0.2) is 31.1 Å². The zero-order chi connectivity index (χ0) is 13.2. The van der Waals surface area contributed by atoms with Crippen molar-refractivity contribution in [3.63, 3.8) is 0 Å². The van der Waals surface area contributed by atoms with E-state index >= 15 is 0 Å². The van der Waals surface area contributed by atoms with Crippen LogP contribution < -0.4 is 0 Å². The molecule has 0 heterocycles. The van der Waals surface area contributed by atoms with Crippen molar-refractivity contribution in [2.24, 2.45) is 0 Å². The highest BCUT2D eigenvalue weighted by atomic mass is 79.9. The fourth-order valence-corrected chi connectivity index (χ4v) is 3.77. The first-order chi connectivity index (χ1) is 7.80. The van der Waals surface area contributed by atoms with Gasteiger partial charge in [-0.15, -0.1) is 0 Å². The molecule has 1 rings (SSSR count). The van der Waals surface area contributed by atoms with E-state index in [1.807, 2.05) is 32.9 Å². The molecule has 1 aromatic rings. The van der Waals surface area contributed by atoms with E-state index < -0.39 is 10.0 Å². The molecule has 5 heteroatoms. The second-order valence-corrected chi connectivity index (χ2v) is 6.91. The fraction of sp³-hybridized carbons (Fsp3) is 0.500. The standard InChI is InChI=1S/C12H18BrNO2S/c1-9-5-6-12(10(2)7-9)17(15,16)14(4)11(3)8-13/h5-7,11H,8H2,1-4H3. The number of hydrogen-bond acceptors (Lipinski definition) is 2. The van der Waals surface area contributed by atoms with Gasteiger partial charge in [0.1, 0.15) is 0 Å². The number of hydrogen-bond donors (Lipinski definition) is 0. The van der Waals surface area contributed by atoms with Crippen molar-refractivity contribution in [1.82, 2.24) is 4.31 Å². The molecule has 0 aliphatic carbocycles. The van der Waals surface area contributed by atoms with E-state index in [1.54, 1.807) is 13.1 Å². The first-order valence-electron chi connectivity index (χ1n) is 5.42. The third kappa shape index (κ3) is 3.09. The average molecular weight is 320 g/mol. The van der Waals surface area contributed by atoms with Crippen molar-refractivity contribution in [2.75, 3.05) is 12.4 Å². The highest BCUT2D eigenvalue weighted by Gasteiger charge is 2.25. The van der Waals surface area contributed by atoms with Crippen LogP contribution >= 0.6 is 15.9 Å². The molecule has 1 unspecified atom stereocenters. The van der Waals surface area contributed by atoms with Crippen molar-refractivity contribution >= 4 is 26.0 Å². The number of rotatable bonds is 4. The highest BCUT2D eigenvalue weighted by Crippen LogP contribution is 2.21. The summed E-state index contributed by atoms with van der Waals surface area (Å²) in [6.45, 7) is 5.65. The van der Waals surface area contributed by atoms with Crippen LogP contribution in [0.25, 0.3) is 0 Å². The normalized spacial score (nSPS) is 14.0. The number of benzene rings is 1. The Balaban J connectivity index is 3.22. The van der Waals surface area contributed by atoms with Gasteiger partial charge in [0, 0.05) is 18.4 Å². The molecule has 0 saturated heterocycles. The average Bonchev–Trinajstić information content (AvgIpc) is 2.26. The Hall–Kier alpha value is -0.390. The summed E-state index contributed by atoms with van der Waals surface area (Å²) in [5.74, 6) is 0. The van der Waals surface area contributed by atoms with E-state index in [9.17, 15) is 8.42 Å². The Bertz CT molecular complexity index is 499. The van der Waals surface area contributed by atoms with E-state index in [-0.39, 0.29) is 6.04 Å². The number of sulfonamides is 1. The number of nitrogens with zero attached hydrogens (tertiary/aromatic N) is 1. The van der Waals surface area contributed by atoms with Gasteiger partial charge < -0.3 is 0 Å². The molecule has 1 atom stereocenters. The lowest BCUT2D eigenvalue weighted by atomic mass is 10.2. The van der Waals surface area contributed by atoms with Gasteiger partial charge in [0.2, 0.25) is 10.0 Å². The van der Waals surface area contributed by atoms with E-state index in [1.165, 1.54) is 4.31 Å². The number of halogens is 1. The lowest BCUT2D eigenvalue weighted by Crippen LogP contribution is -2.36. The van der Waals surface area contributed by atoms with Gasteiger partial charge in [-0.25, -0.2) is 8.42 Å². The molecule has 0 saturated carbocycles. The van der Waals surface area contributed by atoms with Gasteiger partial charge in [-0.3, -0.25) is 0 Å². The van der Waals surface area contributed by atoms with Crippen molar-refractivity contribution in [3.8, 4) is 0 Å². The molecule has 0 radical (unpaired) electrons. The van der Waals surface area contributed by atoms with E-state index in [0.717, 1.165) is 11.1 Å². The zero-order valence-electron chi connectivity index (χ0n) is 10.6. The van der Waals surface area contributed by atoms with Crippen molar-refractivity contribution in [1.29, 1.82) is 0 Å². The summed E-state index contributed by atoms with van der Waals surface area (Å²) in [5, 5.41) is 0.619. The molecular formula is C12H18BrNO2S. The summed E-state index contributed by atoms with van der Waals surface area (Å²) in [7, 11) is -1.78. The van der Waals surface area contributed by atoms with Crippen LogP contribution in [0.4, 0.5) is 0 Å². The van der Waals surface area contributed by atoms with E-state index in [2.05, 4.69) is 15.9 Å². The maximum absolute atomic E-state index is 12.4. The molecule has 0 fully saturated rings. The minimum atomic E-state index is -3.39. The fourth-order valence-electron chi connectivity index (χ4n) is 1.58. The minimum Gasteiger partial charge on any atom is -0.207 e. The topological polar surface area (TPSA) is 37.4 Å². The SMILES string of the molecule is Cc1ccc(S(=O)(=O)N(C)C(C)CBr)c(C)c1. The van der Waals surface area contributed by atoms with Crippen LogP contribution in [0.5, 0.6) is 0 Å². The Morgan fingerprint density at radius 3 is 2.41 bits per heavy atom. The van der Waals surface area contributed by atoms with Gasteiger partial charge in [0.15, 0.2) is 0 Å². The summed E-state index contributed by atoms with van der Waals surface area (Å²) < 4.78 is 26.1. The monoisotopic (exact) mass is 319 g/mol. The van der Waals surface area contributed by atoms with Gasteiger partial charge in [-0.1, -0.05) is 33.6 Å². The Labute approximate surface area is 112 Å². The predicted molar refractivity (Wildman–Crippen MR) is 74.1 cm³/mol. The maximum atomic E-state index is 12.4. The first kappa shape index (κ1) is 14.7. The molecule has 0 aliphatic heterocycles. The van der Waals surface area contributed by atoms with E-state index in [0.29, 0.717) is 10.2 Å². The minimum absolute atomic E-state index is 0.0688. The number of aryl methyl sites for hydroxylation is 2. The smallest absolute Gasteiger partial charge is 0.207 e. The second-order valence-electron chi connectivity index (χ2n) is 4.29. The molecule has 0 aromatic heterocycles. The largest absolute Gasteiger partial charge is 0.243 e. The third-order valence-corrected chi connectivity index (χ3v) is 5.90. The van der Waals surface area contributed by atoms with Gasteiger partial charge in [0.05, 0.1) is 4.90 Å². The molecular weight excluding hydrogens is 302 g/mol. The summed E-state index contributed by atoms with van der Waals surface area (Å²) in [6, 6.07) is 5.32. The van der Waals surface area contributed by atoms with Crippen LogP contribution in [0.1, 0.15) is 18.1 Å². The van der Waals surface area contributed by atoms with Crippen molar-refractivity contribution < 1.29 is 8.42 Å². The lowest BCUT2D eigenvalue weighted by molar-refractivity contribution is 0.416. The molecule has 0 aliphatic rings. The molecule has 0 amide bonds. The van der Waals surface area contributed by atoms with Crippen LogP contribution in [0, 0.1) is 13.8 Å². The first-order valence-corrected chi connectivity index (χ1v) is 7.98. The van der Waals surface area contributed by atoms with Crippen LogP contribution in [-0.2, 0) is 10.0 Å². The summed E-state index contributed by atoms with van der Waals surface area (Å²) >= 11 is 3.30. The van der Waals surface area contributed by atoms with Crippen molar-refractivity contribution in [2.45, 2.75) is 31.7 Å². The van der Waals surface area contributed by atoms with Crippen molar-refractivity contribution in [3.05, 3.63) is 29.3 Å². The predicted octanol–water partition coefficient (Wildman–Crippen LogP) is 2.71. The van der Waals surface area contributed by atoms with Gasteiger partial charge in [0.25, 0.3) is 0 Å². The van der Waals surface area contributed by atoms with Crippen LogP contribution in [0.3, 0.4) is 0 Å². The van der Waals surface area contributed by atoms with Crippen LogP contribution in [0.15, 0.2) is 23.1 Å². The van der Waals surface area contributed by atoms with Gasteiger partial charge >= 0.3 is 0 Å². The number of alkyl halides is 1. The quantitative estimate of drug-likeness (QED) is 0.800.